The van der Waals surface area contributed by atoms with Gasteiger partial charge >= 0.3 is 6.03 Å². The number of hydrogen-bond donors (Lipinski definition) is 2. The number of aromatic nitrogens is 1. The Morgan fingerprint density at radius 3 is 2.35 bits per heavy atom. The average Bonchev–Trinajstić information content (AvgIpc) is 3.52. The molecule has 238 valence electrons. The van der Waals surface area contributed by atoms with Crippen LogP contribution < -0.4 is 10.1 Å². The van der Waals surface area contributed by atoms with Crippen LogP contribution in [0.15, 0.2) is 36.5 Å². The summed E-state index contributed by atoms with van der Waals surface area (Å²) in [6.07, 6.45) is 6.02. The maximum Gasteiger partial charge on any atom is 0.318 e. The lowest BCUT2D eigenvalue weighted by Crippen LogP contribution is -2.64. The molecule has 3 amide bonds. The molecule has 5 rings (SSSR count). The molecule has 9 nitrogen and oxygen atoms in total. The second-order valence-corrected chi connectivity index (χ2v) is 12.2. The van der Waals surface area contributed by atoms with E-state index < -0.39 is 5.60 Å². The summed E-state index contributed by atoms with van der Waals surface area (Å²) in [5.41, 5.74) is 1.23. The summed E-state index contributed by atoms with van der Waals surface area (Å²) >= 11 is 11.4. The van der Waals surface area contributed by atoms with Gasteiger partial charge in [-0.3, -0.25) is 14.7 Å². The largest absolute Gasteiger partial charge is 0.490 e. The molecule has 3 fully saturated rings. The maximum atomic E-state index is 12.5. The molecular weight excluding hydrogens is 589 g/mol. The first-order valence-corrected chi connectivity index (χ1v) is 16.1. The zero-order valence-electron chi connectivity index (χ0n) is 26.0. The lowest BCUT2D eigenvalue weighted by molar-refractivity contribution is -0.131. The van der Waals surface area contributed by atoms with Crippen molar-refractivity contribution in [2.75, 3.05) is 59.0 Å². The van der Waals surface area contributed by atoms with Gasteiger partial charge in [-0.2, -0.15) is 0 Å². The first-order valence-electron chi connectivity index (χ1n) is 15.4. The third-order valence-corrected chi connectivity index (χ3v) is 8.42. The molecule has 0 saturated carbocycles. The highest BCUT2D eigenvalue weighted by Gasteiger charge is 2.39. The Morgan fingerprint density at radius 2 is 1.74 bits per heavy atom. The van der Waals surface area contributed by atoms with E-state index in [-0.39, 0.29) is 24.4 Å². The molecule has 43 heavy (non-hydrogen) atoms. The van der Waals surface area contributed by atoms with Gasteiger partial charge in [0.15, 0.2) is 0 Å². The highest BCUT2D eigenvalue weighted by Crippen LogP contribution is 2.32. The fourth-order valence-corrected chi connectivity index (χ4v) is 5.79. The summed E-state index contributed by atoms with van der Waals surface area (Å²) in [5, 5.41) is 13.8. The summed E-state index contributed by atoms with van der Waals surface area (Å²) in [6.45, 7) is 13.4. The highest BCUT2D eigenvalue weighted by molar-refractivity contribution is 6.35. The van der Waals surface area contributed by atoms with Crippen LogP contribution >= 0.6 is 23.2 Å². The van der Waals surface area contributed by atoms with Gasteiger partial charge in [-0.1, -0.05) is 43.1 Å². The Kier molecular flexibility index (Phi) is 13.8. The van der Waals surface area contributed by atoms with Gasteiger partial charge in [0.25, 0.3) is 0 Å². The fraction of sp³-hybridized carbons (Fsp3) is 0.594. The monoisotopic (exact) mass is 635 g/mol. The SMILES string of the molecule is CC.CC1(O)CN(C(=O)NCC(=O)N2CCC(c3ncccc3OCCN3CCCC3)CC2)C1.Cc1ccc(Cl)cc1Cl. The number of halogens is 2. The Balaban J connectivity index is 0.000000390. The van der Waals surface area contributed by atoms with Gasteiger partial charge < -0.3 is 25.0 Å². The summed E-state index contributed by atoms with van der Waals surface area (Å²) < 4.78 is 6.09. The lowest BCUT2D eigenvalue weighted by atomic mass is 9.92. The minimum atomic E-state index is -0.814. The second-order valence-electron chi connectivity index (χ2n) is 11.3. The van der Waals surface area contributed by atoms with E-state index in [0.29, 0.717) is 37.8 Å². The fourth-order valence-electron chi connectivity index (χ4n) is 5.39. The summed E-state index contributed by atoms with van der Waals surface area (Å²) in [7, 11) is 0. The minimum absolute atomic E-state index is 0.0173. The first-order chi connectivity index (χ1) is 20.6. The van der Waals surface area contributed by atoms with Gasteiger partial charge in [0.05, 0.1) is 30.9 Å². The average molecular weight is 637 g/mol. The third kappa shape index (κ3) is 10.8. The van der Waals surface area contributed by atoms with Crippen molar-refractivity contribution in [2.45, 2.75) is 64.9 Å². The van der Waals surface area contributed by atoms with Crippen LogP contribution in [0.5, 0.6) is 5.75 Å². The number of urea groups is 1. The molecule has 4 heterocycles. The van der Waals surface area contributed by atoms with Crippen LogP contribution in [-0.4, -0.2) is 101 Å². The van der Waals surface area contributed by atoms with Crippen LogP contribution in [0.25, 0.3) is 0 Å². The third-order valence-electron chi connectivity index (χ3n) is 7.77. The molecule has 0 aliphatic carbocycles. The number of carbonyl (C=O) groups is 2. The van der Waals surface area contributed by atoms with Gasteiger partial charge in [0, 0.05) is 41.8 Å². The molecule has 0 atom stereocenters. The second kappa shape index (κ2) is 17.0. The molecule has 3 saturated heterocycles. The van der Waals surface area contributed by atoms with Crippen LogP contribution in [0.4, 0.5) is 4.79 Å². The van der Waals surface area contributed by atoms with Crippen LogP contribution in [0.1, 0.15) is 63.6 Å². The number of amides is 3. The molecule has 11 heteroatoms. The summed E-state index contributed by atoms with van der Waals surface area (Å²) in [5.74, 6) is 1.04. The molecule has 1 aromatic carbocycles. The number of ether oxygens (including phenoxy) is 1. The van der Waals surface area contributed by atoms with Crippen LogP contribution in [-0.2, 0) is 4.79 Å². The van der Waals surface area contributed by atoms with Crippen molar-refractivity contribution in [3.05, 3.63) is 57.8 Å². The highest BCUT2D eigenvalue weighted by atomic mass is 35.5. The number of β-amino-alcohol motifs (C(OH)–C–C–N with tert-alkyl or cyclic N) is 1. The number of hydrogen-bond acceptors (Lipinski definition) is 6. The standard InChI is InChI=1S/C23H35N5O4.C7H6Cl2.C2H6/c1-23(31)16-28(17-23)22(30)25-15-20(29)27-11-6-18(7-12-27)21-19(5-4-8-24-21)32-14-13-26-9-2-3-10-26;1-5-2-3-6(8)4-7(5)9;1-2/h4-5,8,18,31H,2-3,6-7,9-17H2,1H3,(H,25,30);2-4H,1H3;1-2H3. The van der Waals surface area contributed by atoms with E-state index >= 15 is 0 Å². The predicted molar refractivity (Wildman–Crippen MR) is 172 cm³/mol. The number of aryl methyl sites for hydroxylation is 1. The van der Waals surface area contributed by atoms with Crippen molar-refractivity contribution in [2.24, 2.45) is 0 Å². The number of pyridine rings is 1. The van der Waals surface area contributed by atoms with Gasteiger partial charge in [-0.05, 0) is 82.4 Å². The van der Waals surface area contributed by atoms with Crippen LogP contribution in [0, 0.1) is 6.92 Å². The van der Waals surface area contributed by atoms with Crippen molar-refractivity contribution < 1.29 is 19.4 Å². The van der Waals surface area contributed by atoms with Crippen molar-refractivity contribution in [1.82, 2.24) is 25.0 Å². The summed E-state index contributed by atoms with van der Waals surface area (Å²) in [6, 6.07) is 9.05. The number of carbonyl (C=O) groups excluding carboxylic acids is 2. The van der Waals surface area contributed by atoms with E-state index in [0.717, 1.165) is 54.5 Å². The van der Waals surface area contributed by atoms with Gasteiger partial charge in [-0.15, -0.1) is 0 Å². The molecule has 0 spiro atoms. The summed E-state index contributed by atoms with van der Waals surface area (Å²) in [4.78, 5) is 34.9. The van der Waals surface area contributed by atoms with E-state index in [1.807, 2.05) is 51.2 Å². The Labute approximate surface area is 266 Å². The van der Waals surface area contributed by atoms with E-state index in [2.05, 4.69) is 15.2 Å². The lowest BCUT2D eigenvalue weighted by Gasteiger charge is -2.43. The smallest absolute Gasteiger partial charge is 0.318 e. The number of piperidine rings is 1. The Hall–Kier alpha value is -2.59. The van der Waals surface area contributed by atoms with E-state index in [1.165, 1.54) is 17.7 Å². The van der Waals surface area contributed by atoms with Crippen molar-refractivity contribution in [3.8, 4) is 5.75 Å². The van der Waals surface area contributed by atoms with Crippen LogP contribution in [0.2, 0.25) is 10.0 Å². The molecule has 2 aromatic rings. The molecule has 2 N–H and O–H groups in total. The number of nitrogens with one attached hydrogen (secondary N) is 1. The molecule has 0 unspecified atom stereocenters. The quantitative estimate of drug-likeness (QED) is 0.425. The number of nitrogens with zero attached hydrogens (tertiary/aromatic N) is 4. The predicted octanol–water partition coefficient (Wildman–Crippen LogP) is 5.37. The normalized spacial score (nSPS) is 18.0. The van der Waals surface area contributed by atoms with Crippen molar-refractivity contribution in [1.29, 1.82) is 0 Å². The zero-order chi connectivity index (χ0) is 31.4. The number of rotatable bonds is 7. The zero-order valence-corrected chi connectivity index (χ0v) is 27.5. The molecule has 1 aromatic heterocycles. The number of benzene rings is 1. The van der Waals surface area contributed by atoms with Gasteiger partial charge in [-0.25, -0.2) is 4.79 Å². The number of aliphatic hydroxyl groups is 1. The molecule has 0 bridgehead atoms. The topological polar surface area (TPSA) is 98.2 Å². The van der Waals surface area contributed by atoms with Crippen LogP contribution in [0.3, 0.4) is 0 Å². The van der Waals surface area contributed by atoms with Gasteiger partial charge in [0.2, 0.25) is 5.91 Å². The Bertz CT molecular complexity index is 1180. The maximum absolute atomic E-state index is 12.5. The molecule has 3 aliphatic heterocycles. The first kappa shape index (κ1) is 34.9. The van der Waals surface area contributed by atoms with E-state index in [1.54, 1.807) is 17.9 Å². The molecule has 3 aliphatic rings. The molecule has 0 radical (unpaired) electrons. The van der Waals surface area contributed by atoms with Crippen molar-refractivity contribution in [3.63, 3.8) is 0 Å². The minimum Gasteiger partial charge on any atom is -0.490 e. The Morgan fingerprint density at radius 1 is 1.07 bits per heavy atom. The van der Waals surface area contributed by atoms with E-state index in [4.69, 9.17) is 27.9 Å². The number of likely N-dealkylation sites (tertiary alicyclic amines) is 3. The van der Waals surface area contributed by atoms with E-state index in [9.17, 15) is 14.7 Å². The molecular formula is C32H47Cl2N5O4. The van der Waals surface area contributed by atoms with Gasteiger partial charge in [0.1, 0.15) is 12.4 Å². The van der Waals surface area contributed by atoms with Crippen molar-refractivity contribution >= 4 is 35.1 Å².